The summed E-state index contributed by atoms with van der Waals surface area (Å²) in [5, 5.41) is 0.684. The van der Waals surface area contributed by atoms with Gasteiger partial charge < -0.3 is 0 Å². The van der Waals surface area contributed by atoms with E-state index in [0.717, 1.165) is 18.4 Å². The molecule has 3 heteroatoms. The van der Waals surface area contributed by atoms with E-state index in [1.807, 2.05) is 24.3 Å². The van der Waals surface area contributed by atoms with Gasteiger partial charge in [0.2, 0.25) is 6.08 Å². The van der Waals surface area contributed by atoms with Gasteiger partial charge in [0.15, 0.2) is 0 Å². The van der Waals surface area contributed by atoms with Crippen LogP contribution in [-0.4, -0.2) is 6.08 Å². The van der Waals surface area contributed by atoms with Crippen LogP contribution >= 0.6 is 11.6 Å². The van der Waals surface area contributed by atoms with E-state index >= 15 is 0 Å². The fourth-order valence-electron chi connectivity index (χ4n) is 2.39. The SMILES string of the molecule is CC1CC(N=C=O)(c2ccccc2Cl)C1. The molecular formula is C12H12ClNO. The lowest BCUT2D eigenvalue weighted by Gasteiger charge is -2.42. The topological polar surface area (TPSA) is 29.4 Å². The predicted molar refractivity (Wildman–Crippen MR) is 59.6 cm³/mol. The van der Waals surface area contributed by atoms with Gasteiger partial charge in [-0.1, -0.05) is 36.7 Å². The van der Waals surface area contributed by atoms with Gasteiger partial charge in [-0.05, 0) is 30.4 Å². The number of carbonyl (C=O) groups excluding carboxylic acids is 1. The Labute approximate surface area is 94.0 Å². The van der Waals surface area contributed by atoms with E-state index in [2.05, 4.69) is 11.9 Å². The second-order valence-electron chi connectivity index (χ2n) is 4.23. The summed E-state index contributed by atoms with van der Waals surface area (Å²) < 4.78 is 0. The van der Waals surface area contributed by atoms with Gasteiger partial charge in [-0.3, -0.25) is 0 Å². The van der Waals surface area contributed by atoms with Gasteiger partial charge in [0, 0.05) is 5.02 Å². The van der Waals surface area contributed by atoms with Crippen LogP contribution in [0.2, 0.25) is 5.02 Å². The lowest BCUT2D eigenvalue weighted by atomic mass is 9.66. The molecular weight excluding hydrogens is 210 g/mol. The number of hydrogen-bond donors (Lipinski definition) is 0. The summed E-state index contributed by atoms with van der Waals surface area (Å²) in [5.74, 6) is 0.596. The Balaban J connectivity index is 2.43. The zero-order valence-electron chi connectivity index (χ0n) is 8.53. The predicted octanol–water partition coefficient (Wildman–Crippen LogP) is 3.30. The maximum Gasteiger partial charge on any atom is 0.235 e. The van der Waals surface area contributed by atoms with Crippen molar-refractivity contribution in [2.75, 3.05) is 0 Å². The molecule has 0 heterocycles. The van der Waals surface area contributed by atoms with Gasteiger partial charge in [0.05, 0.1) is 0 Å². The highest BCUT2D eigenvalue weighted by molar-refractivity contribution is 6.31. The van der Waals surface area contributed by atoms with Gasteiger partial charge >= 0.3 is 0 Å². The van der Waals surface area contributed by atoms with Crippen LogP contribution in [-0.2, 0) is 10.3 Å². The van der Waals surface area contributed by atoms with E-state index in [4.69, 9.17) is 11.6 Å². The number of halogens is 1. The molecule has 1 aliphatic rings. The third-order valence-corrected chi connectivity index (χ3v) is 3.34. The van der Waals surface area contributed by atoms with Crippen molar-refractivity contribution in [2.24, 2.45) is 10.9 Å². The van der Waals surface area contributed by atoms with E-state index < -0.39 is 5.54 Å². The van der Waals surface area contributed by atoms with Crippen molar-refractivity contribution in [3.8, 4) is 0 Å². The zero-order chi connectivity index (χ0) is 10.9. The first-order valence-corrected chi connectivity index (χ1v) is 5.40. The van der Waals surface area contributed by atoms with Crippen molar-refractivity contribution < 1.29 is 4.79 Å². The van der Waals surface area contributed by atoms with Gasteiger partial charge in [-0.2, -0.15) is 4.99 Å². The van der Waals surface area contributed by atoms with Crippen LogP contribution in [0.4, 0.5) is 0 Å². The molecule has 78 valence electrons. The van der Waals surface area contributed by atoms with Crippen molar-refractivity contribution in [3.63, 3.8) is 0 Å². The van der Waals surface area contributed by atoms with Gasteiger partial charge in [0.25, 0.3) is 0 Å². The standard InChI is InChI=1S/C12H12ClNO/c1-9-6-12(7-9,14-8-15)10-4-2-3-5-11(10)13/h2-5,9H,6-7H2,1H3. The van der Waals surface area contributed by atoms with E-state index in [1.54, 1.807) is 6.08 Å². The fraction of sp³-hybridized carbons (Fsp3) is 0.417. The Hall–Kier alpha value is -1.11. The largest absolute Gasteiger partial charge is 0.235 e. The molecule has 2 nitrogen and oxygen atoms in total. The molecule has 0 unspecified atom stereocenters. The second-order valence-corrected chi connectivity index (χ2v) is 4.64. The molecule has 1 aromatic carbocycles. The first kappa shape index (κ1) is 10.4. The Morgan fingerprint density at radius 3 is 2.67 bits per heavy atom. The number of hydrogen-bond acceptors (Lipinski definition) is 2. The average Bonchev–Trinajstić information content (AvgIpc) is 2.16. The van der Waals surface area contributed by atoms with Crippen molar-refractivity contribution >= 4 is 17.7 Å². The van der Waals surface area contributed by atoms with Crippen LogP contribution in [0.15, 0.2) is 29.3 Å². The molecule has 0 aromatic heterocycles. The summed E-state index contributed by atoms with van der Waals surface area (Å²) in [4.78, 5) is 14.4. The van der Waals surface area contributed by atoms with E-state index in [9.17, 15) is 4.79 Å². The summed E-state index contributed by atoms with van der Waals surface area (Å²) in [7, 11) is 0. The molecule has 0 saturated heterocycles. The summed E-state index contributed by atoms with van der Waals surface area (Å²) >= 11 is 6.11. The summed E-state index contributed by atoms with van der Waals surface area (Å²) in [6, 6.07) is 7.58. The summed E-state index contributed by atoms with van der Waals surface area (Å²) in [5.41, 5.74) is 0.549. The van der Waals surface area contributed by atoms with E-state index in [1.165, 1.54) is 0 Å². The van der Waals surface area contributed by atoms with Crippen LogP contribution in [0, 0.1) is 5.92 Å². The highest BCUT2D eigenvalue weighted by Crippen LogP contribution is 2.50. The Morgan fingerprint density at radius 1 is 1.47 bits per heavy atom. The monoisotopic (exact) mass is 221 g/mol. The van der Waals surface area contributed by atoms with Gasteiger partial charge in [-0.25, -0.2) is 4.79 Å². The number of aliphatic imine (C=N–C) groups is 1. The van der Waals surface area contributed by atoms with Gasteiger partial charge in [-0.15, -0.1) is 0 Å². The summed E-state index contributed by atoms with van der Waals surface area (Å²) in [6.07, 6.45) is 3.43. The molecule has 2 rings (SSSR count). The van der Waals surface area contributed by atoms with Crippen LogP contribution in [0.5, 0.6) is 0 Å². The molecule has 0 aliphatic heterocycles. The molecule has 0 spiro atoms. The molecule has 1 aromatic rings. The normalized spacial score (nSPS) is 29.1. The van der Waals surface area contributed by atoms with Crippen LogP contribution in [0.1, 0.15) is 25.3 Å². The van der Waals surface area contributed by atoms with Crippen molar-refractivity contribution in [1.82, 2.24) is 0 Å². The number of isocyanates is 1. The van der Waals surface area contributed by atoms with Crippen LogP contribution < -0.4 is 0 Å². The third-order valence-electron chi connectivity index (χ3n) is 3.01. The number of rotatable bonds is 2. The van der Waals surface area contributed by atoms with Crippen molar-refractivity contribution in [1.29, 1.82) is 0 Å². The minimum Gasteiger partial charge on any atom is -0.211 e. The molecule has 0 bridgehead atoms. The smallest absolute Gasteiger partial charge is 0.211 e. The average molecular weight is 222 g/mol. The van der Waals surface area contributed by atoms with Crippen LogP contribution in [0.25, 0.3) is 0 Å². The Kier molecular flexibility index (Phi) is 2.64. The number of nitrogens with zero attached hydrogens (tertiary/aromatic N) is 1. The Morgan fingerprint density at radius 2 is 2.13 bits per heavy atom. The number of benzene rings is 1. The molecule has 0 atom stereocenters. The molecule has 0 N–H and O–H groups in total. The van der Waals surface area contributed by atoms with Crippen molar-refractivity contribution in [3.05, 3.63) is 34.9 Å². The second kappa shape index (κ2) is 3.80. The first-order chi connectivity index (χ1) is 7.18. The van der Waals surface area contributed by atoms with Gasteiger partial charge in [0.1, 0.15) is 5.54 Å². The molecule has 1 saturated carbocycles. The molecule has 1 fully saturated rings. The fourth-order valence-corrected chi connectivity index (χ4v) is 2.70. The maximum absolute atomic E-state index is 10.5. The quantitative estimate of drug-likeness (QED) is 0.557. The van der Waals surface area contributed by atoms with Crippen LogP contribution in [0.3, 0.4) is 0 Å². The highest BCUT2D eigenvalue weighted by atomic mass is 35.5. The summed E-state index contributed by atoms with van der Waals surface area (Å²) in [6.45, 7) is 2.15. The molecule has 1 aliphatic carbocycles. The lowest BCUT2D eigenvalue weighted by molar-refractivity contribution is 0.166. The Bertz CT molecular complexity index is 417. The van der Waals surface area contributed by atoms with E-state index in [0.29, 0.717) is 10.9 Å². The molecule has 0 radical (unpaired) electrons. The first-order valence-electron chi connectivity index (χ1n) is 5.02. The lowest BCUT2D eigenvalue weighted by Crippen LogP contribution is -2.38. The maximum atomic E-state index is 10.5. The van der Waals surface area contributed by atoms with Crippen molar-refractivity contribution in [2.45, 2.75) is 25.3 Å². The zero-order valence-corrected chi connectivity index (χ0v) is 9.29. The molecule has 0 amide bonds. The minimum atomic E-state index is -0.403. The highest BCUT2D eigenvalue weighted by Gasteiger charge is 2.44. The minimum absolute atomic E-state index is 0.403. The van der Waals surface area contributed by atoms with E-state index in [-0.39, 0.29) is 0 Å². The third kappa shape index (κ3) is 1.71. The molecule has 15 heavy (non-hydrogen) atoms.